The summed E-state index contributed by atoms with van der Waals surface area (Å²) in [6.45, 7) is 3.91. The molecule has 0 unspecified atom stereocenters. The Balaban J connectivity index is 1.62. The number of benzene rings is 3. The Kier molecular flexibility index (Phi) is 5.57. The minimum Gasteiger partial charge on any atom is -0.290 e. The molecule has 0 saturated heterocycles. The number of rotatable bonds is 5. The first-order valence-corrected chi connectivity index (χ1v) is 9.78. The number of carbonyl (C=O) groups is 2. The number of nitrogens with one attached hydrogen (secondary N) is 2. The normalized spacial score (nSPS) is 10.5. The summed E-state index contributed by atoms with van der Waals surface area (Å²) in [5, 5.41) is 9.86. The van der Waals surface area contributed by atoms with E-state index in [1.165, 1.54) is 4.68 Å². The van der Waals surface area contributed by atoms with E-state index in [2.05, 4.69) is 20.7 Å². The third kappa shape index (κ3) is 4.67. The van der Waals surface area contributed by atoms with Crippen molar-refractivity contribution in [1.82, 2.24) is 14.8 Å². The molecule has 2 N–H and O–H groups in total. The van der Waals surface area contributed by atoms with Gasteiger partial charge in [-0.2, -0.15) is 9.67 Å². The van der Waals surface area contributed by atoms with E-state index in [1.807, 2.05) is 68.4 Å². The van der Waals surface area contributed by atoms with Crippen molar-refractivity contribution in [3.05, 3.63) is 101 Å². The average Bonchev–Trinajstić information content (AvgIpc) is 3.17. The lowest BCUT2D eigenvalue weighted by molar-refractivity contribution is 0.101. The molecular formula is C24H21N5O2. The van der Waals surface area contributed by atoms with Crippen molar-refractivity contribution in [2.45, 2.75) is 13.8 Å². The van der Waals surface area contributed by atoms with E-state index < -0.39 is 0 Å². The van der Waals surface area contributed by atoms with Crippen LogP contribution in [0, 0.1) is 13.8 Å². The zero-order valence-electron chi connectivity index (χ0n) is 17.2. The van der Waals surface area contributed by atoms with Crippen molar-refractivity contribution in [3.8, 4) is 5.69 Å². The van der Waals surface area contributed by atoms with Gasteiger partial charge in [0.05, 0.1) is 5.69 Å². The van der Waals surface area contributed by atoms with Gasteiger partial charge in [0, 0.05) is 11.1 Å². The topological polar surface area (TPSA) is 88.9 Å². The van der Waals surface area contributed by atoms with Crippen molar-refractivity contribution in [1.29, 1.82) is 0 Å². The van der Waals surface area contributed by atoms with Crippen LogP contribution in [0.1, 0.15) is 31.8 Å². The molecule has 1 aromatic heterocycles. The quantitative estimate of drug-likeness (QED) is 0.510. The van der Waals surface area contributed by atoms with Gasteiger partial charge in [-0.1, -0.05) is 53.6 Å². The molecule has 7 nitrogen and oxygen atoms in total. The highest BCUT2D eigenvalue weighted by atomic mass is 16.2. The summed E-state index contributed by atoms with van der Waals surface area (Å²) in [6, 6.07) is 23.7. The second kappa shape index (κ2) is 8.62. The molecule has 0 saturated carbocycles. The maximum absolute atomic E-state index is 12.7. The van der Waals surface area contributed by atoms with Crippen LogP contribution in [0.5, 0.6) is 0 Å². The smallest absolute Gasteiger partial charge is 0.258 e. The zero-order chi connectivity index (χ0) is 21.8. The summed E-state index contributed by atoms with van der Waals surface area (Å²) in [6.07, 6.45) is 0. The molecule has 4 aromatic rings. The van der Waals surface area contributed by atoms with E-state index >= 15 is 0 Å². The molecule has 0 fully saturated rings. The molecule has 0 atom stereocenters. The molecule has 0 aliphatic rings. The first kappa shape index (κ1) is 20.0. The second-order valence-electron chi connectivity index (χ2n) is 7.15. The Labute approximate surface area is 179 Å². The van der Waals surface area contributed by atoms with Crippen LogP contribution in [-0.2, 0) is 0 Å². The fourth-order valence-electron chi connectivity index (χ4n) is 2.95. The maximum atomic E-state index is 12.7. The highest BCUT2D eigenvalue weighted by Gasteiger charge is 2.17. The lowest BCUT2D eigenvalue weighted by Crippen LogP contribution is -2.16. The molecule has 4 rings (SSSR count). The molecule has 0 aliphatic carbocycles. The van der Waals surface area contributed by atoms with Crippen LogP contribution in [0.4, 0.5) is 11.9 Å². The predicted octanol–water partition coefficient (Wildman–Crippen LogP) is 4.39. The first-order chi connectivity index (χ1) is 15.0. The lowest BCUT2D eigenvalue weighted by atomic mass is 10.1. The molecule has 31 heavy (non-hydrogen) atoms. The van der Waals surface area contributed by atoms with E-state index in [0.717, 1.165) is 11.1 Å². The Morgan fingerprint density at radius 2 is 1.23 bits per heavy atom. The van der Waals surface area contributed by atoms with Crippen LogP contribution < -0.4 is 10.6 Å². The Hall–Kier alpha value is -4.26. The van der Waals surface area contributed by atoms with Gasteiger partial charge < -0.3 is 0 Å². The molecule has 0 bridgehead atoms. The van der Waals surface area contributed by atoms with Gasteiger partial charge in [-0.3, -0.25) is 20.2 Å². The van der Waals surface area contributed by atoms with Gasteiger partial charge in [0.1, 0.15) is 0 Å². The number of aromatic nitrogens is 3. The van der Waals surface area contributed by atoms with Gasteiger partial charge in [0.15, 0.2) is 0 Å². The largest absolute Gasteiger partial charge is 0.290 e. The molecule has 0 aliphatic heterocycles. The Bertz CT molecular complexity index is 1210. The predicted molar refractivity (Wildman–Crippen MR) is 120 cm³/mol. The van der Waals surface area contributed by atoms with Gasteiger partial charge in [-0.05, 0) is 50.2 Å². The fraction of sp³-hybridized carbons (Fsp3) is 0.0833. The Morgan fingerprint density at radius 3 is 1.77 bits per heavy atom. The third-order valence-electron chi connectivity index (χ3n) is 4.69. The van der Waals surface area contributed by atoms with Crippen molar-refractivity contribution in [2.75, 3.05) is 10.6 Å². The van der Waals surface area contributed by atoms with E-state index in [-0.39, 0.29) is 23.7 Å². The van der Waals surface area contributed by atoms with Crippen LogP contribution in [0.25, 0.3) is 5.69 Å². The molecule has 2 amide bonds. The fourth-order valence-corrected chi connectivity index (χ4v) is 2.95. The number of hydrogen-bond acceptors (Lipinski definition) is 4. The molecule has 3 aromatic carbocycles. The number of anilines is 2. The Morgan fingerprint density at radius 1 is 0.710 bits per heavy atom. The van der Waals surface area contributed by atoms with Crippen LogP contribution in [0.2, 0.25) is 0 Å². The van der Waals surface area contributed by atoms with Crippen molar-refractivity contribution in [3.63, 3.8) is 0 Å². The summed E-state index contributed by atoms with van der Waals surface area (Å²) >= 11 is 0. The number of nitrogens with zero attached hydrogens (tertiary/aromatic N) is 3. The van der Waals surface area contributed by atoms with Crippen LogP contribution in [-0.4, -0.2) is 26.6 Å². The summed E-state index contributed by atoms with van der Waals surface area (Å²) in [5.41, 5.74) is 3.81. The van der Waals surface area contributed by atoms with Gasteiger partial charge in [-0.25, -0.2) is 0 Å². The number of para-hydroxylation sites is 1. The van der Waals surface area contributed by atoms with Crippen molar-refractivity contribution < 1.29 is 9.59 Å². The molecule has 0 spiro atoms. The lowest BCUT2D eigenvalue weighted by Gasteiger charge is -2.07. The average molecular weight is 411 g/mol. The standard InChI is InChI=1S/C24H21N5O2/c1-16-8-12-18(13-9-16)21(30)25-23-27-24(29(28-23)20-6-4-3-5-7-20)26-22(31)19-14-10-17(2)11-15-19/h3-15H,1-2H3,(H2,25,26,27,28,30,31). The van der Waals surface area contributed by atoms with Crippen LogP contribution in [0.15, 0.2) is 78.9 Å². The van der Waals surface area contributed by atoms with Crippen molar-refractivity contribution in [2.24, 2.45) is 0 Å². The first-order valence-electron chi connectivity index (χ1n) is 9.78. The summed E-state index contributed by atoms with van der Waals surface area (Å²) in [5.74, 6) is -0.354. The van der Waals surface area contributed by atoms with Crippen LogP contribution >= 0.6 is 0 Å². The van der Waals surface area contributed by atoms with Crippen LogP contribution in [0.3, 0.4) is 0 Å². The molecule has 0 radical (unpaired) electrons. The molecular weight excluding hydrogens is 390 g/mol. The SMILES string of the molecule is Cc1ccc(C(=O)Nc2nc(NC(=O)c3ccc(C)cc3)n(-c3ccccc3)n2)cc1. The summed E-state index contributed by atoms with van der Waals surface area (Å²) in [7, 11) is 0. The summed E-state index contributed by atoms with van der Waals surface area (Å²) in [4.78, 5) is 29.6. The van der Waals surface area contributed by atoms with E-state index in [1.54, 1.807) is 24.3 Å². The second-order valence-corrected chi connectivity index (χ2v) is 7.15. The number of aryl methyl sites for hydroxylation is 2. The monoisotopic (exact) mass is 411 g/mol. The molecule has 1 heterocycles. The van der Waals surface area contributed by atoms with E-state index in [0.29, 0.717) is 16.8 Å². The number of amides is 2. The number of carbonyl (C=O) groups excluding carboxylic acids is 2. The molecule has 7 heteroatoms. The maximum Gasteiger partial charge on any atom is 0.258 e. The highest BCUT2D eigenvalue weighted by molar-refractivity contribution is 6.05. The zero-order valence-corrected chi connectivity index (χ0v) is 17.2. The van der Waals surface area contributed by atoms with Gasteiger partial charge >= 0.3 is 0 Å². The third-order valence-corrected chi connectivity index (χ3v) is 4.69. The molecule has 154 valence electrons. The van der Waals surface area contributed by atoms with Gasteiger partial charge in [0.2, 0.25) is 5.95 Å². The van der Waals surface area contributed by atoms with Crippen molar-refractivity contribution >= 4 is 23.7 Å². The summed E-state index contributed by atoms with van der Waals surface area (Å²) < 4.78 is 1.48. The minimum absolute atomic E-state index is 0.0913. The van der Waals surface area contributed by atoms with Gasteiger partial charge in [0.25, 0.3) is 17.8 Å². The number of hydrogen-bond donors (Lipinski definition) is 2. The van der Waals surface area contributed by atoms with E-state index in [4.69, 9.17) is 0 Å². The van der Waals surface area contributed by atoms with Gasteiger partial charge in [-0.15, -0.1) is 5.10 Å². The van der Waals surface area contributed by atoms with E-state index in [9.17, 15) is 9.59 Å². The minimum atomic E-state index is -0.332. The highest BCUT2D eigenvalue weighted by Crippen LogP contribution is 2.18.